The van der Waals surface area contributed by atoms with Crippen molar-refractivity contribution in [3.8, 4) is 0 Å². The van der Waals surface area contributed by atoms with E-state index < -0.39 is 6.09 Å². The quantitative estimate of drug-likeness (QED) is 0.741. The number of halogens is 1. The van der Waals surface area contributed by atoms with Crippen LogP contribution < -0.4 is 4.90 Å². The smallest absolute Gasteiger partial charge is 0.414 e. The van der Waals surface area contributed by atoms with Crippen LogP contribution in [0.15, 0.2) is 6.20 Å². The molecule has 4 heterocycles. The number of carbonyl (C=O) groups is 1. The number of aromatic nitrogens is 4. The number of hydrogen-bond acceptors (Lipinski definition) is 5. The molecule has 0 saturated carbocycles. The van der Waals surface area contributed by atoms with E-state index in [0.29, 0.717) is 36.9 Å². The number of hydrogen-bond donors (Lipinski definition) is 1. The lowest BCUT2D eigenvalue weighted by atomic mass is 9.90. The van der Waals surface area contributed by atoms with Gasteiger partial charge in [-0.15, -0.1) is 0 Å². The van der Waals surface area contributed by atoms with Crippen molar-refractivity contribution >= 4 is 34.8 Å². The Balaban J connectivity index is 1.98. The number of imidazole rings is 1. The molecule has 2 aromatic rings. The molecule has 0 aromatic carbocycles. The second kappa shape index (κ2) is 4.28. The SMILES string of the molecule is O=C(O)N1CC2(CCOCC2)n2c1nc1cnc(Cl)nc12. The molecule has 1 saturated heterocycles. The van der Waals surface area contributed by atoms with Crippen LogP contribution in [0.25, 0.3) is 11.2 Å². The fraction of sp³-hybridized carbons (Fsp3) is 0.500. The van der Waals surface area contributed by atoms with Gasteiger partial charge in [-0.05, 0) is 24.4 Å². The van der Waals surface area contributed by atoms with Crippen LogP contribution in [0.3, 0.4) is 0 Å². The Bertz CT molecular complexity index is 740. The molecule has 1 N–H and O–H groups in total. The molecule has 0 aliphatic carbocycles. The predicted molar refractivity (Wildman–Crippen MR) is 73.7 cm³/mol. The summed E-state index contributed by atoms with van der Waals surface area (Å²) in [6.07, 6.45) is 1.94. The van der Waals surface area contributed by atoms with Gasteiger partial charge in [-0.2, -0.15) is 4.98 Å². The van der Waals surface area contributed by atoms with E-state index in [-0.39, 0.29) is 10.8 Å². The van der Waals surface area contributed by atoms with Crippen molar-refractivity contribution in [3.05, 3.63) is 11.5 Å². The zero-order chi connectivity index (χ0) is 14.6. The summed E-state index contributed by atoms with van der Waals surface area (Å²) in [6, 6.07) is 0. The molecule has 2 aliphatic rings. The maximum absolute atomic E-state index is 11.5. The predicted octanol–water partition coefficient (Wildman–Crippen LogP) is 1.48. The monoisotopic (exact) mass is 309 g/mol. The van der Waals surface area contributed by atoms with E-state index >= 15 is 0 Å². The van der Waals surface area contributed by atoms with Crippen LogP contribution in [0.4, 0.5) is 10.7 Å². The Hall–Kier alpha value is -1.93. The fourth-order valence-electron chi connectivity index (χ4n) is 3.18. The van der Waals surface area contributed by atoms with Crippen LogP contribution >= 0.6 is 11.6 Å². The normalized spacial score (nSPS) is 20.1. The number of nitrogens with zero attached hydrogens (tertiary/aromatic N) is 5. The van der Waals surface area contributed by atoms with Gasteiger partial charge < -0.3 is 9.84 Å². The van der Waals surface area contributed by atoms with Gasteiger partial charge in [0.15, 0.2) is 5.65 Å². The third kappa shape index (κ3) is 1.72. The molecule has 1 fully saturated rings. The van der Waals surface area contributed by atoms with Crippen LogP contribution in [-0.4, -0.2) is 50.5 Å². The van der Waals surface area contributed by atoms with Gasteiger partial charge in [0.25, 0.3) is 0 Å². The first kappa shape index (κ1) is 12.8. The minimum Gasteiger partial charge on any atom is -0.465 e. The summed E-state index contributed by atoms with van der Waals surface area (Å²) in [4.78, 5) is 25.3. The van der Waals surface area contributed by atoms with Gasteiger partial charge >= 0.3 is 6.09 Å². The van der Waals surface area contributed by atoms with Gasteiger partial charge in [0.05, 0.1) is 18.3 Å². The van der Waals surface area contributed by atoms with Crippen molar-refractivity contribution in [2.24, 2.45) is 0 Å². The zero-order valence-electron chi connectivity index (χ0n) is 11.0. The number of rotatable bonds is 0. The number of carboxylic acid groups (broad SMARTS) is 1. The van der Waals surface area contributed by atoms with Gasteiger partial charge in [0, 0.05) is 13.2 Å². The topological polar surface area (TPSA) is 93.4 Å². The van der Waals surface area contributed by atoms with Crippen LogP contribution in [0.5, 0.6) is 0 Å². The Labute approximate surface area is 124 Å². The first-order valence-electron chi connectivity index (χ1n) is 6.60. The standard InChI is InChI=1S/C12H12ClN5O3/c13-9-14-5-7-8(16-9)18-10(15-7)17(11(19)20)6-12(18)1-3-21-4-2-12/h5H,1-4,6H2,(H,19,20). The molecule has 0 atom stereocenters. The second-order valence-electron chi connectivity index (χ2n) is 5.30. The third-order valence-electron chi connectivity index (χ3n) is 4.18. The lowest BCUT2D eigenvalue weighted by Gasteiger charge is -2.34. The van der Waals surface area contributed by atoms with E-state index in [2.05, 4.69) is 15.0 Å². The molecule has 4 rings (SSSR count). The molecular formula is C12H12ClN5O3. The van der Waals surface area contributed by atoms with Crippen molar-refractivity contribution in [2.75, 3.05) is 24.7 Å². The summed E-state index contributed by atoms with van der Waals surface area (Å²) >= 11 is 5.89. The zero-order valence-corrected chi connectivity index (χ0v) is 11.7. The van der Waals surface area contributed by atoms with Crippen molar-refractivity contribution in [1.82, 2.24) is 19.5 Å². The number of amides is 1. The molecule has 9 heteroatoms. The first-order chi connectivity index (χ1) is 10.1. The molecule has 1 amide bonds. The van der Waals surface area contributed by atoms with E-state index in [1.165, 1.54) is 11.1 Å². The Morgan fingerprint density at radius 3 is 2.86 bits per heavy atom. The number of ether oxygens (including phenoxy) is 1. The van der Waals surface area contributed by atoms with Crippen molar-refractivity contribution in [1.29, 1.82) is 0 Å². The number of anilines is 1. The van der Waals surface area contributed by atoms with E-state index in [0.717, 1.165) is 12.8 Å². The minimum atomic E-state index is -1.02. The molecular weight excluding hydrogens is 298 g/mol. The van der Waals surface area contributed by atoms with E-state index in [4.69, 9.17) is 16.3 Å². The molecule has 110 valence electrons. The van der Waals surface area contributed by atoms with E-state index in [1.807, 2.05) is 4.57 Å². The highest BCUT2D eigenvalue weighted by atomic mass is 35.5. The first-order valence-corrected chi connectivity index (χ1v) is 6.98. The summed E-state index contributed by atoms with van der Waals surface area (Å²) in [5.41, 5.74) is 0.764. The van der Waals surface area contributed by atoms with Crippen molar-refractivity contribution < 1.29 is 14.6 Å². The van der Waals surface area contributed by atoms with Gasteiger partial charge in [0.1, 0.15) is 5.52 Å². The molecule has 0 radical (unpaired) electrons. The summed E-state index contributed by atoms with van der Waals surface area (Å²) in [7, 11) is 0. The lowest BCUT2D eigenvalue weighted by molar-refractivity contribution is 0.0325. The summed E-state index contributed by atoms with van der Waals surface area (Å²) in [6.45, 7) is 1.54. The van der Waals surface area contributed by atoms with Crippen LogP contribution in [0, 0.1) is 0 Å². The van der Waals surface area contributed by atoms with Gasteiger partial charge in [0.2, 0.25) is 11.2 Å². The minimum absolute atomic E-state index is 0.126. The highest BCUT2D eigenvalue weighted by Gasteiger charge is 2.48. The largest absolute Gasteiger partial charge is 0.465 e. The molecule has 2 aliphatic heterocycles. The van der Waals surface area contributed by atoms with E-state index in [9.17, 15) is 9.90 Å². The highest BCUT2D eigenvalue weighted by Crippen LogP contribution is 2.42. The van der Waals surface area contributed by atoms with Crippen molar-refractivity contribution in [2.45, 2.75) is 18.4 Å². The Morgan fingerprint density at radius 1 is 1.38 bits per heavy atom. The van der Waals surface area contributed by atoms with Crippen LogP contribution in [0.2, 0.25) is 5.28 Å². The molecule has 21 heavy (non-hydrogen) atoms. The number of fused-ring (bicyclic) bond motifs is 4. The molecule has 2 aromatic heterocycles. The van der Waals surface area contributed by atoms with Gasteiger partial charge in [-0.1, -0.05) is 0 Å². The fourth-order valence-corrected chi connectivity index (χ4v) is 3.31. The lowest BCUT2D eigenvalue weighted by Crippen LogP contribution is -2.43. The maximum atomic E-state index is 11.5. The highest BCUT2D eigenvalue weighted by molar-refractivity contribution is 6.28. The van der Waals surface area contributed by atoms with E-state index in [1.54, 1.807) is 0 Å². The molecule has 1 spiro atoms. The summed E-state index contributed by atoms with van der Waals surface area (Å²) < 4.78 is 7.32. The van der Waals surface area contributed by atoms with Crippen LogP contribution in [0.1, 0.15) is 12.8 Å². The average Bonchev–Trinajstić information content (AvgIpc) is 2.97. The Kier molecular flexibility index (Phi) is 2.61. The summed E-state index contributed by atoms with van der Waals surface area (Å²) in [5.74, 6) is 0.385. The average molecular weight is 310 g/mol. The Morgan fingerprint density at radius 2 is 2.14 bits per heavy atom. The van der Waals surface area contributed by atoms with Gasteiger partial charge in [-0.3, -0.25) is 4.57 Å². The van der Waals surface area contributed by atoms with Crippen LogP contribution in [-0.2, 0) is 10.3 Å². The summed E-state index contributed by atoms with van der Waals surface area (Å²) in [5, 5.41) is 9.56. The maximum Gasteiger partial charge on any atom is 0.414 e. The molecule has 0 bridgehead atoms. The van der Waals surface area contributed by atoms with Gasteiger partial charge in [-0.25, -0.2) is 19.7 Å². The molecule has 0 unspecified atom stereocenters. The van der Waals surface area contributed by atoms with Crippen molar-refractivity contribution in [3.63, 3.8) is 0 Å². The second-order valence-corrected chi connectivity index (χ2v) is 5.64. The third-order valence-corrected chi connectivity index (χ3v) is 4.36. The molecule has 8 nitrogen and oxygen atoms in total.